The Morgan fingerprint density at radius 3 is 2.76 bits per heavy atom. The van der Waals surface area contributed by atoms with E-state index in [1.54, 1.807) is 11.3 Å². The quantitative estimate of drug-likeness (QED) is 0.451. The number of ketones is 1. The van der Waals surface area contributed by atoms with Gasteiger partial charge in [-0.3, -0.25) is 9.59 Å². The van der Waals surface area contributed by atoms with Gasteiger partial charge in [-0.2, -0.15) is 0 Å². The lowest BCUT2D eigenvalue weighted by Crippen LogP contribution is -2.27. The van der Waals surface area contributed by atoms with E-state index in [2.05, 4.69) is 15.3 Å². The Bertz CT molecular complexity index is 786. The van der Waals surface area contributed by atoms with Crippen LogP contribution in [0.2, 0.25) is 0 Å². The lowest BCUT2D eigenvalue weighted by molar-refractivity contribution is -0.119. The van der Waals surface area contributed by atoms with Gasteiger partial charge in [-0.25, -0.2) is 9.97 Å². The number of hydrogen-bond donors (Lipinski definition) is 1. The number of hydrogen-bond acceptors (Lipinski definition) is 6. The number of aromatic nitrogens is 2. The maximum Gasteiger partial charge on any atom is 0.230 e. The van der Waals surface area contributed by atoms with E-state index in [0.29, 0.717) is 22.2 Å². The normalized spacial score (nSPS) is 15.0. The standard InChI is InChI=1S/C18H21N3O2S2/c1-10(14-5-4-8-24-14)19-15(23)9-25-18-16(12(3)22)11(2)20-17(21-18)13-6-7-13/h4-5,8,10,13H,6-7,9H2,1-3H3,(H,19,23)/t10-/m1/s1. The highest BCUT2D eigenvalue weighted by Crippen LogP contribution is 2.39. The summed E-state index contributed by atoms with van der Waals surface area (Å²) in [5.41, 5.74) is 1.24. The summed E-state index contributed by atoms with van der Waals surface area (Å²) < 4.78 is 0. The van der Waals surface area contributed by atoms with Crippen molar-refractivity contribution in [2.45, 2.75) is 50.6 Å². The van der Waals surface area contributed by atoms with Crippen molar-refractivity contribution < 1.29 is 9.59 Å². The van der Waals surface area contributed by atoms with Crippen molar-refractivity contribution in [3.63, 3.8) is 0 Å². The van der Waals surface area contributed by atoms with Gasteiger partial charge in [0.2, 0.25) is 5.91 Å². The van der Waals surface area contributed by atoms with Crippen LogP contribution in [0.3, 0.4) is 0 Å². The van der Waals surface area contributed by atoms with Gasteiger partial charge in [0.25, 0.3) is 0 Å². The van der Waals surface area contributed by atoms with Gasteiger partial charge in [0.15, 0.2) is 5.78 Å². The summed E-state index contributed by atoms with van der Waals surface area (Å²) >= 11 is 2.94. The zero-order valence-electron chi connectivity index (χ0n) is 14.5. The van der Waals surface area contributed by atoms with Crippen LogP contribution in [-0.4, -0.2) is 27.4 Å². The first-order valence-corrected chi connectivity index (χ1v) is 10.2. The summed E-state index contributed by atoms with van der Waals surface area (Å²) in [6.45, 7) is 5.33. The molecular weight excluding hydrogens is 354 g/mol. The van der Waals surface area contributed by atoms with Crippen LogP contribution in [0.15, 0.2) is 22.5 Å². The molecule has 5 nitrogen and oxygen atoms in total. The maximum atomic E-state index is 12.3. The van der Waals surface area contributed by atoms with Crippen LogP contribution in [0.1, 0.15) is 65.4 Å². The molecule has 1 fully saturated rings. The van der Waals surface area contributed by atoms with Crippen molar-refractivity contribution in [2.24, 2.45) is 0 Å². The second-order valence-electron chi connectivity index (χ2n) is 6.27. The van der Waals surface area contributed by atoms with Gasteiger partial charge >= 0.3 is 0 Å². The summed E-state index contributed by atoms with van der Waals surface area (Å²) in [6.07, 6.45) is 2.20. The summed E-state index contributed by atoms with van der Waals surface area (Å²) in [4.78, 5) is 34.4. The minimum atomic E-state index is -0.0651. The molecule has 0 spiro atoms. The number of amides is 1. The number of thioether (sulfide) groups is 1. The number of carbonyl (C=O) groups excluding carboxylic acids is 2. The first-order valence-electron chi connectivity index (χ1n) is 8.30. The van der Waals surface area contributed by atoms with Crippen molar-refractivity contribution in [1.29, 1.82) is 0 Å². The summed E-state index contributed by atoms with van der Waals surface area (Å²) in [6, 6.07) is 3.96. The molecule has 1 atom stereocenters. The molecule has 1 amide bonds. The van der Waals surface area contributed by atoms with E-state index in [0.717, 1.165) is 23.5 Å². The fourth-order valence-electron chi connectivity index (χ4n) is 2.63. The van der Waals surface area contributed by atoms with Crippen molar-refractivity contribution in [3.05, 3.63) is 39.5 Å². The Kier molecular flexibility index (Phi) is 5.54. The largest absolute Gasteiger partial charge is 0.348 e. The molecular formula is C18H21N3O2S2. The van der Waals surface area contributed by atoms with Gasteiger partial charge in [-0.1, -0.05) is 17.8 Å². The molecule has 0 aliphatic heterocycles. The van der Waals surface area contributed by atoms with E-state index >= 15 is 0 Å². The number of aryl methyl sites for hydroxylation is 1. The van der Waals surface area contributed by atoms with Gasteiger partial charge in [-0.05, 0) is 45.1 Å². The Labute approximate surface area is 155 Å². The van der Waals surface area contributed by atoms with Gasteiger partial charge in [-0.15, -0.1) is 11.3 Å². The van der Waals surface area contributed by atoms with Crippen molar-refractivity contribution in [3.8, 4) is 0 Å². The van der Waals surface area contributed by atoms with Crippen LogP contribution in [0.25, 0.3) is 0 Å². The number of Topliss-reactive ketones (excluding diaryl/α,β-unsaturated/α-hetero) is 1. The monoisotopic (exact) mass is 375 g/mol. The Morgan fingerprint density at radius 1 is 1.40 bits per heavy atom. The van der Waals surface area contributed by atoms with E-state index in [4.69, 9.17) is 0 Å². The SMILES string of the molecule is CC(=O)c1c(C)nc(C2CC2)nc1SCC(=O)N[C@H](C)c1cccs1. The van der Waals surface area contributed by atoms with Gasteiger partial charge in [0, 0.05) is 10.8 Å². The third-order valence-corrected chi connectivity index (χ3v) is 6.09. The number of carbonyl (C=O) groups is 2. The van der Waals surface area contributed by atoms with E-state index in [1.165, 1.54) is 18.7 Å². The van der Waals surface area contributed by atoms with Crippen LogP contribution in [0.5, 0.6) is 0 Å². The number of thiophene rings is 1. The highest BCUT2D eigenvalue weighted by molar-refractivity contribution is 8.00. The summed E-state index contributed by atoms with van der Waals surface area (Å²) in [7, 11) is 0. The molecule has 1 N–H and O–H groups in total. The minimum Gasteiger partial charge on any atom is -0.348 e. The molecule has 0 bridgehead atoms. The molecule has 25 heavy (non-hydrogen) atoms. The second kappa shape index (κ2) is 7.66. The van der Waals surface area contributed by atoms with Gasteiger partial charge in [0.05, 0.1) is 23.1 Å². The lowest BCUT2D eigenvalue weighted by Gasteiger charge is -2.13. The highest BCUT2D eigenvalue weighted by atomic mass is 32.2. The van der Waals surface area contributed by atoms with E-state index in [-0.39, 0.29) is 23.5 Å². The molecule has 2 heterocycles. The van der Waals surface area contributed by atoms with Crippen LogP contribution in [0.4, 0.5) is 0 Å². The van der Waals surface area contributed by atoms with Crippen LogP contribution < -0.4 is 5.32 Å². The topological polar surface area (TPSA) is 72.0 Å². The van der Waals surface area contributed by atoms with E-state index < -0.39 is 0 Å². The third kappa shape index (κ3) is 4.46. The molecule has 2 aromatic rings. The first kappa shape index (κ1) is 18.1. The van der Waals surface area contributed by atoms with Crippen molar-refractivity contribution >= 4 is 34.8 Å². The number of rotatable bonds is 7. The molecule has 0 aromatic carbocycles. The molecule has 132 valence electrons. The molecule has 1 aliphatic rings. The van der Waals surface area contributed by atoms with Crippen molar-refractivity contribution in [2.75, 3.05) is 5.75 Å². The summed E-state index contributed by atoms with van der Waals surface area (Å²) in [5.74, 6) is 1.32. The third-order valence-electron chi connectivity index (χ3n) is 4.06. The first-order chi connectivity index (χ1) is 12.0. The van der Waals surface area contributed by atoms with Crippen LogP contribution >= 0.6 is 23.1 Å². The van der Waals surface area contributed by atoms with Gasteiger partial charge in [0.1, 0.15) is 10.9 Å². The Morgan fingerprint density at radius 2 is 2.16 bits per heavy atom. The molecule has 1 saturated carbocycles. The maximum absolute atomic E-state index is 12.3. The zero-order chi connectivity index (χ0) is 18.0. The fourth-order valence-corrected chi connectivity index (χ4v) is 4.31. The molecule has 0 unspecified atom stereocenters. The molecule has 0 saturated heterocycles. The highest BCUT2D eigenvalue weighted by Gasteiger charge is 2.29. The number of nitrogens with one attached hydrogen (secondary N) is 1. The predicted octanol–water partition coefficient (Wildman–Crippen LogP) is 3.90. The Hall–Kier alpha value is -1.73. The van der Waals surface area contributed by atoms with Crippen LogP contribution in [-0.2, 0) is 4.79 Å². The Balaban J connectivity index is 1.69. The average Bonchev–Trinajstić information content (AvgIpc) is 3.26. The zero-order valence-corrected chi connectivity index (χ0v) is 16.2. The molecule has 3 rings (SSSR count). The molecule has 1 aliphatic carbocycles. The van der Waals surface area contributed by atoms with E-state index in [9.17, 15) is 9.59 Å². The van der Waals surface area contributed by atoms with Gasteiger partial charge < -0.3 is 5.32 Å². The smallest absolute Gasteiger partial charge is 0.230 e. The fraction of sp³-hybridized carbons (Fsp3) is 0.444. The molecule has 0 radical (unpaired) electrons. The molecule has 7 heteroatoms. The predicted molar refractivity (Wildman–Crippen MR) is 100 cm³/mol. The average molecular weight is 376 g/mol. The second-order valence-corrected chi connectivity index (χ2v) is 8.21. The van der Waals surface area contributed by atoms with Crippen LogP contribution in [0, 0.1) is 6.92 Å². The van der Waals surface area contributed by atoms with Crippen molar-refractivity contribution in [1.82, 2.24) is 15.3 Å². The lowest BCUT2D eigenvalue weighted by atomic mass is 10.2. The van der Waals surface area contributed by atoms with E-state index in [1.807, 2.05) is 31.4 Å². The minimum absolute atomic E-state index is 0.0189. The molecule has 2 aromatic heterocycles. The summed E-state index contributed by atoms with van der Waals surface area (Å²) in [5, 5.41) is 5.61. The number of nitrogens with zero attached hydrogens (tertiary/aromatic N) is 2.